The van der Waals surface area contributed by atoms with E-state index >= 15 is 0 Å². The Morgan fingerprint density at radius 1 is 0.778 bits per heavy atom. The van der Waals surface area contributed by atoms with Gasteiger partial charge in [0.05, 0.1) is 3.79 Å². The number of nitrogens with one attached hydrogen (secondary N) is 1. The fourth-order valence-corrected chi connectivity index (χ4v) is 9.32. The Morgan fingerprint density at radius 2 is 1.24 bits per heavy atom. The average Bonchev–Trinajstić information content (AvgIpc) is 3.59. The van der Waals surface area contributed by atoms with Crippen LogP contribution in [0, 0.1) is 11.8 Å². The summed E-state index contributed by atoms with van der Waals surface area (Å²) in [6.07, 6.45) is 0. The third-order valence-electron chi connectivity index (χ3n) is 8.18. The fraction of sp³-hybridized carbons (Fsp3) is 0.471. The van der Waals surface area contributed by atoms with Gasteiger partial charge in [-0.1, -0.05) is 74.5 Å². The van der Waals surface area contributed by atoms with Gasteiger partial charge in [0.2, 0.25) is 0 Å². The number of rotatable bonds is 7. The maximum absolute atomic E-state index is 13.1. The maximum atomic E-state index is 13.1. The number of carbonyl (C=O) groups is 2. The van der Waals surface area contributed by atoms with Gasteiger partial charge in [0.1, 0.15) is 26.5 Å². The molecule has 6 atom stereocenters. The predicted octanol–water partition coefficient (Wildman–Crippen LogP) is 6.76. The molecule has 3 aromatic rings. The molecule has 2 saturated carbocycles. The molecule has 2 aliphatic rings. The summed E-state index contributed by atoms with van der Waals surface area (Å²) in [4.78, 5) is 25.3. The number of ether oxygens (including phenoxy) is 2. The van der Waals surface area contributed by atoms with Gasteiger partial charge in [0, 0.05) is 11.8 Å². The normalized spacial score (nSPS) is 27.5. The second-order valence-electron chi connectivity index (χ2n) is 13.8. The lowest BCUT2D eigenvalue weighted by atomic mass is 10.1. The smallest absolute Gasteiger partial charge is 0.328 e. The van der Waals surface area contributed by atoms with E-state index in [1.165, 1.54) is 6.07 Å². The van der Waals surface area contributed by atoms with Crippen LogP contribution in [0.15, 0.2) is 80.8 Å². The number of benzene rings is 2. The van der Waals surface area contributed by atoms with E-state index < -0.39 is 38.3 Å². The van der Waals surface area contributed by atoms with Crippen molar-refractivity contribution >= 4 is 49.2 Å². The van der Waals surface area contributed by atoms with E-state index in [1.807, 2.05) is 95.3 Å². The van der Waals surface area contributed by atoms with Crippen molar-refractivity contribution in [3.05, 3.63) is 87.7 Å². The van der Waals surface area contributed by atoms with Crippen molar-refractivity contribution in [2.45, 2.75) is 93.7 Å². The Labute approximate surface area is 279 Å². The number of esters is 2. The highest BCUT2D eigenvalue weighted by atomic mass is 79.9. The molecule has 2 unspecified atom stereocenters. The molecule has 0 aliphatic heterocycles. The van der Waals surface area contributed by atoms with Crippen LogP contribution in [-0.2, 0) is 29.1 Å². The summed E-state index contributed by atoms with van der Waals surface area (Å²) in [7, 11) is -3.87. The molecular weight excluding hydrogens is 676 g/mol. The predicted molar refractivity (Wildman–Crippen MR) is 180 cm³/mol. The summed E-state index contributed by atoms with van der Waals surface area (Å²) in [5.41, 5.74) is 4.87. The van der Waals surface area contributed by atoms with Crippen LogP contribution in [0.3, 0.4) is 0 Å². The van der Waals surface area contributed by atoms with Crippen molar-refractivity contribution in [3.63, 3.8) is 0 Å². The first kappa shape index (κ1) is 35.3. The van der Waals surface area contributed by atoms with Crippen LogP contribution in [0.5, 0.6) is 0 Å². The van der Waals surface area contributed by atoms with Gasteiger partial charge >= 0.3 is 11.9 Å². The van der Waals surface area contributed by atoms with Gasteiger partial charge in [-0.05, 0) is 92.6 Å². The first-order valence-electron chi connectivity index (χ1n) is 14.9. The Kier molecular flexibility index (Phi) is 9.85. The SMILES string of the molecule is C[C@H]1C(c2ccccc2)[C@]1(N)C(=O)OC(C)(C)C.C[C@H]1C(c2ccccc2)[C@]1(NS(=O)(=O)c1ccc(Br)s1)C(=O)OC(C)(C)C. The van der Waals surface area contributed by atoms with Gasteiger partial charge in [0.15, 0.2) is 0 Å². The zero-order chi connectivity index (χ0) is 33.6. The Morgan fingerprint density at radius 3 is 1.69 bits per heavy atom. The van der Waals surface area contributed by atoms with Crippen LogP contribution in [0.25, 0.3) is 0 Å². The van der Waals surface area contributed by atoms with Crippen molar-refractivity contribution in [1.82, 2.24) is 4.72 Å². The highest BCUT2D eigenvalue weighted by molar-refractivity contribution is 9.11. The zero-order valence-corrected chi connectivity index (χ0v) is 30.2. The third-order valence-corrected chi connectivity index (χ3v) is 11.8. The molecule has 2 aliphatic carbocycles. The number of hydrogen-bond acceptors (Lipinski definition) is 8. The summed E-state index contributed by atoms with van der Waals surface area (Å²) in [5.74, 6) is -1.17. The van der Waals surface area contributed by atoms with E-state index in [0.29, 0.717) is 3.79 Å². The molecule has 1 heterocycles. The highest BCUT2D eigenvalue weighted by Gasteiger charge is 2.71. The maximum Gasteiger partial charge on any atom is 0.328 e. The molecule has 1 aromatic heterocycles. The summed E-state index contributed by atoms with van der Waals surface area (Å²) >= 11 is 4.38. The Bertz CT molecular complexity index is 1630. The van der Waals surface area contributed by atoms with Crippen molar-refractivity contribution in [2.75, 3.05) is 0 Å². The minimum absolute atomic E-state index is 0.0635. The first-order chi connectivity index (χ1) is 20.7. The summed E-state index contributed by atoms with van der Waals surface area (Å²) < 4.78 is 40.5. The van der Waals surface area contributed by atoms with Gasteiger partial charge in [0.25, 0.3) is 10.0 Å². The standard InChI is InChI=1S/C19H22BrNO4S2.C15H21NO2/c1-12-16(13-8-6-5-7-9-13)19(12,17(22)25-18(2,3)4)21-27(23,24)15-11-10-14(20)26-15;1-10-12(11-8-6-5-7-9-11)15(10,16)13(17)18-14(2,3)4/h5-12,16,21H,1-4H3;5-10,12H,16H2,1-4H3/t12-,16?,19-;10-,12?,15-/m00/s1. The first-order valence-corrected chi connectivity index (χ1v) is 18.0. The third kappa shape index (κ3) is 7.54. The van der Waals surface area contributed by atoms with Crippen molar-refractivity contribution in [1.29, 1.82) is 0 Å². The van der Waals surface area contributed by atoms with E-state index in [1.54, 1.807) is 26.8 Å². The molecule has 3 N–H and O–H groups in total. The van der Waals surface area contributed by atoms with E-state index in [-0.39, 0.29) is 33.9 Å². The number of sulfonamides is 1. The molecule has 5 rings (SSSR count). The van der Waals surface area contributed by atoms with Crippen LogP contribution in [0.2, 0.25) is 0 Å². The minimum Gasteiger partial charge on any atom is -0.459 e. The molecule has 244 valence electrons. The number of thiophene rings is 1. The quantitative estimate of drug-likeness (QED) is 0.259. The Hall–Kier alpha value is -2.57. The topological polar surface area (TPSA) is 125 Å². The van der Waals surface area contributed by atoms with Crippen LogP contribution in [0.1, 0.15) is 78.4 Å². The highest BCUT2D eigenvalue weighted by Crippen LogP contribution is 2.59. The van der Waals surface area contributed by atoms with Crippen LogP contribution in [0.4, 0.5) is 0 Å². The van der Waals surface area contributed by atoms with Gasteiger partial charge < -0.3 is 15.2 Å². The summed E-state index contributed by atoms with van der Waals surface area (Å²) in [6.45, 7) is 14.8. The van der Waals surface area contributed by atoms with E-state index in [2.05, 4.69) is 20.7 Å². The van der Waals surface area contributed by atoms with Gasteiger partial charge in [-0.2, -0.15) is 4.72 Å². The average molecular weight is 720 g/mol. The second-order valence-corrected chi connectivity index (χ2v) is 18.2. The molecule has 2 aromatic carbocycles. The molecule has 0 saturated heterocycles. The molecular formula is C34H43BrN2O6S2. The van der Waals surface area contributed by atoms with Crippen LogP contribution >= 0.6 is 27.3 Å². The van der Waals surface area contributed by atoms with Crippen LogP contribution < -0.4 is 10.5 Å². The van der Waals surface area contributed by atoms with Crippen LogP contribution in [-0.4, -0.2) is 42.6 Å². The molecule has 8 nitrogen and oxygen atoms in total. The molecule has 0 bridgehead atoms. The lowest BCUT2D eigenvalue weighted by molar-refractivity contribution is -0.159. The summed E-state index contributed by atoms with van der Waals surface area (Å²) in [5, 5.41) is 0. The van der Waals surface area contributed by atoms with E-state index in [0.717, 1.165) is 22.5 Å². The van der Waals surface area contributed by atoms with Crippen molar-refractivity contribution in [3.8, 4) is 0 Å². The lowest BCUT2D eigenvalue weighted by Crippen LogP contribution is -2.48. The molecule has 0 spiro atoms. The molecule has 2 fully saturated rings. The molecule has 0 radical (unpaired) electrons. The summed E-state index contributed by atoms with van der Waals surface area (Å²) in [6, 6.07) is 22.6. The van der Waals surface area contributed by atoms with Crippen molar-refractivity contribution in [2.24, 2.45) is 17.6 Å². The second kappa shape index (κ2) is 12.6. The van der Waals surface area contributed by atoms with E-state index in [4.69, 9.17) is 15.2 Å². The fourth-order valence-electron chi connectivity index (χ4n) is 5.85. The monoisotopic (exact) mass is 718 g/mol. The van der Waals surface area contributed by atoms with Gasteiger partial charge in [-0.3, -0.25) is 4.79 Å². The number of nitrogens with two attached hydrogens (primary N) is 1. The minimum atomic E-state index is -3.87. The van der Waals surface area contributed by atoms with Crippen molar-refractivity contribution < 1.29 is 27.5 Å². The largest absolute Gasteiger partial charge is 0.459 e. The number of carbonyl (C=O) groups excluding carboxylic acids is 2. The van der Waals surface area contributed by atoms with Gasteiger partial charge in [-0.25, -0.2) is 13.2 Å². The number of hydrogen-bond donors (Lipinski definition) is 2. The molecule has 0 amide bonds. The molecule has 45 heavy (non-hydrogen) atoms. The number of halogens is 1. The van der Waals surface area contributed by atoms with E-state index in [9.17, 15) is 18.0 Å². The Balaban J connectivity index is 0.000000222. The zero-order valence-electron chi connectivity index (χ0n) is 27.0. The molecule has 11 heteroatoms. The lowest BCUT2D eigenvalue weighted by Gasteiger charge is -2.25. The van der Waals surface area contributed by atoms with Gasteiger partial charge in [-0.15, -0.1) is 11.3 Å².